The number of benzene rings is 1. The van der Waals surface area contributed by atoms with Gasteiger partial charge >= 0.3 is 5.97 Å². The standard InChI is InChI=1S/C14H10N4O2/c19-14(20)10-5-3-9(4-6-10)12-16-13(18-17-12)11-2-1-7-15-8-11/h1-8H,(H,19,20)(H,16,17,18). The smallest absolute Gasteiger partial charge is 0.335 e. The number of nitrogens with one attached hydrogen (secondary N) is 1. The molecule has 3 rings (SSSR count). The van der Waals surface area contributed by atoms with Gasteiger partial charge in [0, 0.05) is 23.5 Å². The molecule has 0 bridgehead atoms. The number of carboxylic acids is 1. The summed E-state index contributed by atoms with van der Waals surface area (Å²) in [7, 11) is 0. The fourth-order valence-corrected chi connectivity index (χ4v) is 1.79. The summed E-state index contributed by atoms with van der Waals surface area (Å²) in [5.74, 6) is 0.182. The molecule has 0 radical (unpaired) electrons. The molecule has 6 heteroatoms. The first-order chi connectivity index (χ1) is 9.74. The number of nitrogens with zero attached hydrogens (tertiary/aromatic N) is 3. The molecule has 0 saturated heterocycles. The second kappa shape index (κ2) is 4.93. The third-order valence-corrected chi connectivity index (χ3v) is 2.81. The molecule has 2 heterocycles. The Labute approximate surface area is 114 Å². The molecule has 0 aliphatic carbocycles. The molecule has 0 saturated carbocycles. The lowest BCUT2D eigenvalue weighted by atomic mass is 10.1. The summed E-state index contributed by atoms with van der Waals surface area (Å²) in [6, 6.07) is 10.1. The van der Waals surface area contributed by atoms with E-state index in [0.717, 1.165) is 11.1 Å². The number of H-pyrrole nitrogens is 1. The Hall–Kier alpha value is -3.02. The van der Waals surface area contributed by atoms with E-state index < -0.39 is 5.97 Å². The highest BCUT2D eigenvalue weighted by molar-refractivity contribution is 5.88. The van der Waals surface area contributed by atoms with E-state index in [0.29, 0.717) is 11.6 Å². The molecule has 20 heavy (non-hydrogen) atoms. The number of aromatic carboxylic acids is 1. The monoisotopic (exact) mass is 266 g/mol. The van der Waals surface area contributed by atoms with Gasteiger partial charge in [-0.2, -0.15) is 5.10 Å². The lowest BCUT2D eigenvalue weighted by Crippen LogP contribution is -1.95. The van der Waals surface area contributed by atoms with Crippen molar-refractivity contribution in [2.45, 2.75) is 0 Å². The van der Waals surface area contributed by atoms with Gasteiger partial charge < -0.3 is 5.11 Å². The summed E-state index contributed by atoms with van der Waals surface area (Å²) < 4.78 is 0. The molecule has 2 aromatic heterocycles. The number of pyridine rings is 1. The van der Waals surface area contributed by atoms with Gasteiger partial charge in [0.2, 0.25) is 0 Å². The van der Waals surface area contributed by atoms with Crippen molar-refractivity contribution < 1.29 is 9.90 Å². The van der Waals surface area contributed by atoms with Crippen molar-refractivity contribution in [2.75, 3.05) is 0 Å². The van der Waals surface area contributed by atoms with Gasteiger partial charge in [-0.05, 0) is 24.3 Å². The van der Waals surface area contributed by atoms with E-state index in [4.69, 9.17) is 5.11 Å². The lowest BCUT2D eigenvalue weighted by molar-refractivity contribution is 0.0697. The van der Waals surface area contributed by atoms with E-state index in [9.17, 15) is 4.79 Å². The Morgan fingerprint density at radius 2 is 1.90 bits per heavy atom. The maximum absolute atomic E-state index is 10.8. The summed E-state index contributed by atoms with van der Waals surface area (Å²) in [4.78, 5) is 19.2. The first-order valence-corrected chi connectivity index (χ1v) is 5.90. The van der Waals surface area contributed by atoms with Gasteiger partial charge in [0.1, 0.15) is 0 Å². The number of carboxylic acid groups (broad SMARTS) is 1. The topological polar surface area (TPSA) is 91.8 Å². The van der Waals surface area contributed by atoms with Crippen LogP contribution in [0.3, 0.4) is 0 Å². The molecule has 0 unspecified atom stereocenters. The average molecular weight is 266 g/mol. The zero-order valence-corrected chi connectivity index (χ0v) is 10.3. The number of aromatic nitrogens is 4. The van der Waals surface area contributed by atoms with Crippen molar-refractivity contribution >= 4 is 5.97 Å². The quantitative estimate of drug-likeness (QED) is 0.758. The molecule has 3 aromatic rings. The largest absolute Gasteiger partial charge is 0.478 e. The molecular weight excluding hydrogens is 256 g/mol. The highest BCUT2D eigenvalue weighted by Gasteiger charge is 2.08. The van der Waals surface area contributed by atoms with E-state index in [-0.39, 0.29) is 5.56 Å². The number of carbonyl (C=O) groups is 1. The van der Waals surface area contributed by atoms with E-state index in [1.807, 2.05) is 12.1 Å². The van der Waals surface area contributed by atoms with Crippen LogP contribution in [0, 0.1) is 0 Å². The molecular formula is C14H10N4O2. The van der Waals surface area contributed by atoms with Crippen LogP contribution in [0.2, 0.25) is 0 Å². The maximum Gasteiger partial charge on any atom is 0.335 e. The van der Waals surface area contributed by atoms with Crippen LogP contribution in [0.4, 0.5) is 0 Å². The van der Waals surface area contributed by atoms with Crippen molar-refractivity contribution in [1.82, 2.24) is 20.2 Å². The number of rotatable bonds is 3. The average Bonchev–Trinajstić information content (AvgIpc) is 2.98. The summed E-state index contributed by atoms with van der Waals surface area (Å²) >= 11 is 0. The van der Waals surface area contributed by atoms with Gasteiger partial charge in [-0.3, -0.25) is 10.1 Å². The fourth-order valence-electron chi connectivity index (χ4n) is 1.79. The summed E-state index contributed by atoms with van der Waals surface area (Å²) in [6.07, 6.45) is 3.36. The minimum atomic E-state index is -0.954. The Morgan fingerprint density at radius 3 is 2.55 bits per heavy atom. The van der Waals surface area contributed by atoms with Crippen LogP contribution < -0.4 is 0 Å². The predicted molar refractivity (Wildman–Crippen MR) is 72.0 cm³/mol. The van der Waals surface area contributed by atoms with Crippen molar-refractivity contribution in [3.8, 4) is 22.8 Å². The minimum absolute atomic E-state index is 0.237. The lowest BCUT2D eigenvalue weighted by Gasteiger charge is -1.97. The van der Waals surface area contributed by atoms with Gasteiger partial charge in [-0.1, -0.05) is 12.1 Å². The van der Waals surface area contributed by atoms with Gasteiger partial charge in [0.15, 0.2) is 11.6 Å². The minimum Gasteiger partial charge on any atom is -0.478 e. The first-order valence-electron chi connectivity index (χ1n) is 5.90. The Bertz CT molecular complexity index is 735. The summed E-state index contributed by atoms with van der Waals surface area (Å²) in [5, 5.41) is 15.8. The maximum atomic E-state index is 10.8. The number of hydrogen-bond donors (Lipinski definition) is 2. The normalized spacial score (nSPS) is 10.4. The molecule has 0 aliphatic rings. The van der Waals surface area contributed by atoms with Crippen LogP contribution in [0.5, 0.6) is 0 Å². The van der Waals surface area contributed by atoms with E-state index in [2.05, 4.69) is 20.2 Å². The molecule has 0 spiro atoms. The first kappa shape index (κ1) is 12.0. The summed E-state index contributed by atoms with van der Waals surface area (Å²) in [6.45, 7) is 0. The molecule has 98 valence electrons. The molecule has 0 amide bonds. The molecule has 0 aliphatic heterocycles. The van der Waals surface area contributed by atoms with Gasteiger partial charge in [-0.15, -0.1) is 0 Å². The molecule has 0 atom stereocenters. The Balaban J connectivity index is 1.92. The Morgan fingerprint density at radius 1 is 1.10 bits per heavy atom. The van der Waals surface area contributed by atoms with Crippen LogP contribution in [0.15, 0.2) is 48.8 Å². The Kier molecular flexibility index (Phi) is 2.96. The number of hydrogen-bond acceptors (Lipinski definition) is 4. The van der Waals surface area contributed by atoms with Gasteiger partial charge in [0.05, 0.1) is 5.56 Å². The van der Waals surface area contributed by atoms with Gasteiger partial charge in [0.25, 0.3) is 0 Å². The van der Waals surface area contributed by atoms with Crippen molar-refractivity contribution in [3.63, 3.8) is 0 Å². The van der Waals surface area contributed by atoms with Crippen LogP contribution in [-0.2, 0) is 0 Å². The third-order valence-electron chi connectivity index (χ3n) is 2.81. The molecule has 1 aromatic carbocycles. The van der Waals surface area contributed by atoms with E-state index >= 15 is 0 Å². The van der Waals surface area contributed by atoms with Crippen molar-refractivity contribution in [3.05, 3.63) is 54.4 Å². The van der Waals surface area contributed by atoms with Crippen LogP contribution >= 0.6 is 0 Å². The van der Waals surface area contributed by atoms with Crippen LogP contribution in [0.25, 0.3) is 22.8 Å². The van der Waals surface area contributed by atoms with Gasteiger partial charge in [-0.25, -0.2) is 9.78 Å². The third kappa shape index (κ3) is 2.26. The van der Waals surface area contributed by atoms with Crippen LogP contribution in [-0.4, -0.2) is 31.2 Å². The number of aromatic amines is 1. The predicted octanol–water partition coefficient (Wildman–Crippen LogP) is 2.23. The van der Waals surface area contributed by atoms with E-state index in [1.54, 1.807) is 24.5 Å². The van der Waals surface area contributed by atoms with Crippen molar-refractivity contribution in [2.24, 2.45) is 0 Å². The summed E-state index contributed by atoms with van der Waals surface area (Å²) in [5.41, 5.74) is 1.83. The highest BCUT2D eigenvalue weighted by atomic mass is 16.4. The molecule has 0 fully saturated rings. The fraction of sp³-hybridized carbons (Fsp3) is 0. The van der Waals surface area contributed by atoms with Crippen LogP contribution in [0.1, 0.15) is 10.4 Å². The van der Waals surface area contributed by atoms with E-state index in [1.165, 1.54) is 12.1 Å². The zero-order valence-electron chi connectivity index (χ0n) is 10.3. The highest BCUT2D eigenvalue weighted by Crippen LogP contribution is 2.19. The molecule has 2 N–H and O–H groups in total. The second-order valence-electron chi connectivity index (χ2n) is 4.13. The zero-order chi connectivity index (χ0) is 13.9. The second-order valence-corrected chi connectivity index (χ2v) is 4.13. The SMILES string of the molecule is O=C(O)c1ccc(-c2nc(-c3cccnc3)n[nH]2)cc1. The molecule has 6 nitrogen and oxygen atoms in total. The van der Waals surface area contributed by atoms with Crippen molar-refractivity contribution in [1.29, 1.82) is 0 Å².